The van der Waals surface area contributed by atoms with Gasteiger partial charge in [0.15, 0.2) is 0 Å². The van der Waals surface area contributed by atoms with E-state index in [1.54, 1.807) is 32.9 Å². The molecule has 0 heterocycles. The van der Waals surface area contributed by atoms with Gasteiger partial charge in [0.25, 0.3) is 0 Å². The summed E-state index contributed by atoms with van der Waals surface area (Å²) in [7, 11) is 1.21. The Morgan fingerprint density at radius 3 is 1.63 bits per heavy atom. The second-order valence-electron chi connectivity index (χ2n) is 11.1. The lowest BCUT2D eigenvalue weighted by Crippen LogP contribution is -2.57. The molecule has 0 aromatic heterocycles. The van der Waals surface area contributed by atoms with E-state index >= 15 is 0 Å². The molecule has 0 aliphatic carbocycles. The third-order valence-corrected chi connectivity index (χ3v) is 6.36. The van der Waals surface area contributed by atoms with Crippen LogP contribution in [0.4, 0.5) is 4.79 Å². The molecule has 0 unspecified atom stereocenters. The molecule has 3 rings (SSSR count). The Balaban J connectivity index is 1.86. The molecule has 0 fully saturated rings. The normalized spacial score (nSPS) is 13.1. The molecule has 0 spiro atoms. The van der Waals surface area contributed by atoms with Crippen LogP contribution in [0.15, 0.2) is 84.9 Å². The summed E-state index contributed by atoms with van der Waals surface area (Å²) in [6.07, 6.45) is -0.462. The van der Waals surface area contributed by atoms with Gasteiger partial charge in [-0.3, -0.25) is 9.59 Å². The third-order valence-electron chi connectivity index (χ3n) is 6.36. The zero-order valence-electron chi connectivity index (χ0n) is 24.8. The van der Waals surface area contributed by atoms with E-state index in [2.05, 4.69) is 16.0 Å². The number of carbonyl (C=O) groups excluding carboxylic acids is 4. The van der Waals surface area contributed by atoms with Crippen molar-refractivity contribution < 1.29 is 33.8 Å². The minimum absolute atomic E-state index is 0.0172. The Morgan fingerprint density at radius 2 is 1.14 bits per heavy atom. The van der Waals surface area contributed by atoms with Gasteiger partial charge in [0.2, 0.25) is 11.8 Å². The number of hydrogen-bond donors (Lipinski definition) is 4. The summed E-state index contributed by atoms with van der Waals surface area (Å²) in [5.74, 6) is -1.89. The van der Waals surface area contributed by atoms with Crippen molar-refractivity contribution >= 4 is 23.9 Å². The van der Waals surface area contributed by atoms with Gasteiger partial charge in [-0.2, -0.15) is 0 Å². The fourth-order valence-electron chi connectivity index (χ4n) is 4.37. The van der Waals surface area contributed by atoms with Crippen molar-refractivity contribution in [1.29, 1.82) is 0 Å². The number of amides is 3. The second kappa shape index (κ2) is 15.4. The largest absolute Gasteiger partial charge is 0.508 e. The number of nitrogens with one attached hydrogen (secondary N) is 3. The molecule has 4 N–H and O–H groups in total. The number of phenols is 1. The van der Waals surface area contributed by atoms with E-state index in [0.717, 1.165) is 11.1 Å². The molecule has 43 heavy (non-hydrogen) atoms. The average molecular weight is 590 g/mol. The molecule has 10 heteroatoms. The summed E-state index contributed by atoms with van der Waals surface area (Å²) >= 11 is 0. The summed E-state index contributed by atoms with van der Waals surface area (Å²) < 4.78 is 10.3. The zero-order valence-corrected chi connectivity index (χ0v) is 24.8. The molecule has 228 valence electrons. The van der Waals surface area contributed by atoms with Gasteiger partial charge in [-0.25, -0.2) is 9.59 Å². The molecule has 0 bridgehead atoms. The number of benzene rings is 3. The quantitative estimate of drug-likeness (QED) is 0.237. The first-order valence-electron chi connectivity index (χ1n) is 14.0. The van der Waals surface area contributed by atoms with Crippen LogP contribution < -0.4 is 16.0 Å². The highest BCUT2D eigenvalue weighted by molar-refractivity contribution is 5.93. The van der Waals surface area contributed by atoms with Crippen molar-refractivity contribution in [2.24, 2.45) is 0 Å². The Kier molecular flexibility index (Phi) is 11.7. The fourth-order valence-corrected chi connectivity index (χ4v) is 4.37. The van der Waals surface area contributed by atoms with Gasteiger partial charge < -0.3 is 30.5 Å². The monoisotopic (exact) mass is 589 g/mol. The predicted molar refractivity (Wildman–Crippen MR) is 161 cm³/mol. The second-order valence-corrected chi connectivity index (χ2v) is 11.1. The van der Waals surface area contributed by atoms with Gasteiger partial charge in [0, 0.05) is 19.3 Å². The third kappa shape index (κ3) is 11.1. The summed E-state index contributed by atoms with van der Waals surface area (Å²) in [6.45, 7) is 5.15. The minimum atomic E-state index is -1.11. The van der Waals surface area contributed by atoms with E-state index in [-0.39, 0.29) is 25.0 Å². The molecule has 3 aromatic carbocycles. The van der Waals surface area contributed by atoms with Crippen LogP contribution in [0.5, 0.6) is 5.75 Å². The summed E-state index contributed by atoms with van der Waals surface area (Å²) in [5, 5.41) is 18.0. The van der Waals surface area contributed by atoms with Crippen molar-refractivity contribution in [3.8, 4) is 5.75 Å². The summed E-state index contributed by atoms with van der Waals surface area (Å²) in [5.41, 5.74) is 1.38. The van der Waals surface area contributed by atoms with E-state index in [4.69, 9.17) is 9.47 Å². The lowest BCUT2D eigenvalue weighted by atomic mass is 10.0. The van der Waals surface area contributed by atoms with Gasteiger partial charge in [0.05, 0.1) is 7.11 Å². The molecule has 0 saturated heterocycles. The highest BCUT2D eigenvalue weighted by atomic mass is 16.6. The maximum atomic E-state index is 13.7. The SMILES string of the molecule is COC(=O)[C@H](Cc1cccc(O)c1)NC(=O)[C@H](Cc1ccccc1)NC(=O)[C@H](Cc1ccccc1)NC(=O)OC(C)(C)C. The van der Waals surface area contributed by atoms with Crippen LogP contribution >= 0.6 is 0 Å². The van der Waals surface area contributed by atoms with Crippen LogP contribution in [0.25, 0.3) is 0 Å². The maximum absolute atomic E-state index is 13.7. The molecule has 10 nitrogen and oxygen atoms in total. The van der Waals surface area contributed by atoms with Gasteiger partial charge >= 0.3 is 12.1 Å². The standard InChI is InChI=1S/C33H39N3O7/c1-33(2,3)43-32(41)36-27(20-23-14-9-6-10-15-23)30(39)34-26(19-22-12-7-5-8-13-22)29(38)35-28(31(40)42-4)21-24-16-11-17-25(37)18-24/h5-18,26-28,37H,19-21H2,1-4H3,(H,34,39)(H,35,38)(H,36,41)/t26-,27-,28-/m0/s1. The highest BCUT2D eigenvalue weighted by Crippen LogP contribution is 2.14. The zero-order chi connectivity index (χ0) is 31.4. The van der Waals surface area contributed by atoms with Crippen LogP contribution in [0.1, 0.15) is 37.5 Å². The Hall–Kier alpha value is -4.86. The first-order chi connectivity index (χ1) is 20.4. The van der Waals surface area contributed by atoms with Crippen molar-refractivity contribution in [1.82, 2.24) is 16.0 Å². The van der Waals surface area contributed by atoms with Crippen molar-refractivity contribution in [2.75, 3.05) is 7.11 Å². The molecular weight excluding hydrogens is 550 g/mol. The summed E-state index contributed by atoms with van der Waals surface area (Å²) in [4.78, 5) is 52.6. The number of alkyl carbamates (subject to hydrolysis) is 1. The lowest BCUT2D eigenvalue weighted by Gasteiger charge is -2.26. The molecular formula is C33H39N3O7. The van der Waals surface area contributed by atoms with Gasteiger partial charge in [-0.05, 0) is 49.6 Å². The van der Waals surface area contributed by atoms with E-state index in [0.29, 0.717) is 5.56 Å². The Bertz CT molecular complexity index is 1370. The maximum Gasteiger partial charge on any atom is 0.408 e. The summed E-state index contributed by atoms with van der Waals surface area (Å²) in [6, 6.07) is 21.3. The molecule has 3 amide bonds. The highest BCUT2D eigenvalue weighted by Gasteiger charge is 2.31. The first-order valence-corrected chi connectivity index (χ1v) is 14.0. The van der Waals surface area contributed by atoms with Crippen LogP contribution in [0, 0.1) is 0 Å². The molecule has 3 aromatic rings. The van der Waals surface area contributed by atoms with Gasteiger partial charge in [0.1, 0.15) is 29.5 Å². The smallest absolute Gasteiger partial charge is 0.408 e. The van der Waals surface area contributed by atoms with E-state index in [9.17, 15) is 24.3 Å². The topological polar surface area (TPSA) is 143 Å². The number of aromatic hydroxyl groups is 1. The van der Waals surface area contributed by atoms with Crippen LogP contribution in [-0.4, -0.2) is 59.8 Å². The average Bonchev–Trinajstić information content (AvgIpc) is 2.95. The van der Waals surface area contributed by atoms with E-state index in [1.807, 2.05) is 60.7 Å². The van der Waals surface area contributed by atoms with Gasteiger partial charge in [-0.1, -0.05) is 72.8 Å². The van der Waals surface area contributed by atoms with Crippen molar-refractivity contribution in [3.05, 3.63) is 102 Å². The number of carbonyl (C=O) groups is 4. The van der Waals surface area contributed by atoms with Crippen molar-refractivity contribution in [3.63, 3.8) is 0 Å². The minimum Gasteiger partial charge on any atom is -0.508 e. The Morgan fingerprint density at radius 1 is 0.674 bits per heavy atom. The van der Waals surface area contributed by atoms with Gasteiger partial charge in [-0.15, -0.1) is 0 Å². The van der Waals surface area contributed by atoms with Crippen LogP contribution in [0.2, 0.25) is 0 Å². The Labute approximate surface area is 251 Å². The van der Waals surface area contributed by atoms with Crippen LogP contribution in [-0.2, 0) is 43.1 Å². The first kappa shape index (κ1) is 32.7. The lowest BCUT2D eigenvalue weighted by molar-refractivity contribution is -0.145. The number of rotatable bonds is 12. The predicted octanol–water partition coefficient (Wildman–Crippen LogP) is 3.46. The molecule has 0 aliphatic rings. The number of methoxy groups -OCH3 is 1. The number of esters is 1. The number of ether oxygens (including phenoxy) is 2. The number of phenolic OH excluding ortho intramolecular Hbond substituents is 1. The van der Waals surface area contributed by atoms with Crippen LogP contribution in [0.3, 0.4) is 0 Å². The molecule has 3 atom stereocenters. The van der Waals surface area contributed by atoms with E-state index in [1.165, 1.54) is 19.2 Å². The molecule has 0 radical (unpaired) electrons. The van der Waals surface area contributed by atoms with Crippen molar-refractivity contribution in [2.45, 2.75) is 63.8 Å². The van der Waals surface area contributed by atoms with E-state index < -0.39 is 47.6 Å². The number of hydrogen-bond acceptors (Lipinski definition) is 7. The molecule has 0 saturated carbocycles. The molecule has 0 aliphatic heterocycles. The fraction of sp³-hybridized carbons (Fsp3) is 0.333.